The second kappa shape index (κ2) is 6.72. The number of urea groups is 1. The molecule has 2 N–H and O–H groups in total. The van der Waals surface area contributed by atoms with Gasteiger partial charge in [0.1, 0.15) is 5.82 Å². The van der Waals surface area contributed by atoms with E-state index in [0.29, 0.717) is 35.1 Å². The minimum absolute atomic E-state index is 0.0823. The maximum atomic E-state index is 13.0. The Morgan fingerprint density at radius 1 is 1.40 bits per heavy atom. The van der Waals surface area contributed by atoms with Crippen LogP contribution in [0.2, 0.25) is 5.02 Å². The highest BCUT2D eigenvalue weighted by molar-refractivity contribution is 6.31. The van der Waals surface area contributed by atoms with Crippen LogP contribution in [0.1, 0.15) is 29.8 Å². The van der Waals surface area contributed by atoms with Gasteiger partial charge in [0.05, 0.1) is 6.04 Å². The summed E-state index contributed by atoms with van der Waals surface area (Å²) in [6, 6.07) is 8.21. The maximum absolute atomic E-state index is 13.0. The molecule has 1 aliphatic heterocycles. The molecule has 2 heterocycles. The minimum atomic E-state index is -0.525. The van der Waals surface area contributed by atoms with Gasteiger partial charge in [0.2, 0.25) is 5.91 Å². The van der Waals surface area contributed by atoms with Gasteiger partial charge < -0.3 is 5.73 Å². The number of hydrogen-bond donors (Lipinski definition) is 1. The van der Waals surface area contributed by atoms with Gasteiger partial charge in [-0.15, -0.1) is 0 Å². The summed E-state index contributed by atoms with van der Waals surface area (Å²) >= 11 is 6.26. The first-order valence-corrected chi connectivity index (χ1v) is 8.45. The Kier molecular flexibility index (Phi) is 4.63. The summed E-state index contributed by atoms with van der Waals surface area (Å²) in [6.45, 7) is 4.41. The van der Waals surface area contributed by atoms with Crippen molar-refractivity contribution in [2.45, 2.75) is 26.3 Å². The lowest BCUT2D eigenvalue weighted by atomic mass is 10.1. The highest BCUT2D eigenvalue weighted by Gasteiger charge is 2.38. The number of aromatic nitrogens is 1. The van der Waals surface area contributed by atoms with Gasteiger partial charge in [-0.2, -0.15) is 0 Å². The third-order valence-electron chi connectivity index (χ3n) is 4.32. The van der Waals surface area contributed by atoms with Gasteiger partial charge in [-0.1, -0.05) is 24.6 Å². The first-order chi connectivity index (χ1) is 11.9. The van der Waals surface area contributed by atoms with Gasteiger partial charge in [0, 0.05) is 34.6 Å². The zero-order chi connectivity index (χ0) is 18.1. The summed E-state index contributed by atoms with van der Waals surface area (Å²) in [5.74, 6) is 0.0585. The summed E-state index contributed by atoms with van der Waals surface area (Å²) in [5, 5.41) is 0.599. The SMILES string of the molecule is CCc1c(Cl)ccnc1N1C[C@@H](C)N(c2cccc(C(N)=O)c2)C1=O. The Morgan fingerprint density at radius 2 is 2.16 bits per heavy atom. The fraction of sp³-hybridized carbons (Fsp3) is 0.278. The summed E-state index contributed by atoms with van der Waals surface area (Å²) < 4.78 is 0. The van der Waals surface area contributed by atoms with E-state index in [2.05, 4.69) is 4.98 Å². The maximum Gasteiger partial charge on any atom is 0.330 e. The van der Waals surface area contributed by atoms with Crippen LogP contribution in [0, 0.1) is 0 Å². The molecule has 3 rings (SSSR count). The van der Waals surface area contributed by atoms with Gasteiger partial charge in [0.25, 0.3) is 0 Å². The van der Waals surface area contributed by atoms with Crippen LogP contribution in [-0.4, -0.2) is 29.5 Å². The number of rotatable bonds is 4. The number of nitrogens with zero attached hydrogens (tertiary/aromatic N) is 3. The molecule has 1 aromatic heterocycles. The third-order valence-corrected chi connectivity index (χ3v) is 4.67. The normalized spacial score (nSPS) is 17.2. The van der Waals surface area contributed by atoms with Crippen LogP contribution in [0.4, 0.5) is 16.3 Å². The van der Waals surface area contributed by atoms with Crippen molar-refractivity contribution in [2.75, 3.05) is 16.3 Å². The number of carbonyl (C=O) groups excluding carboxylic acids is 2. The molecule has 6 nitrogen and oxygen atoms in total. The number of nitrogens with two attached hydrogens (primary N) is 1. The monoisotopic (exact) mass is 358 g/mol. The minimum Gasteiger partial charge on any atom is -0.366 e. The van der Waals surface area contributed by atoms with Crippen LogP contribution in [0.25, 0.3) is 0 Å². The first-order valence-electron chi connectivity index (χ1n) is 8.08. The zero-order valence-corrected chi connectivity index (χ0v) is 14.8. The zero-order valence-electron chi connectivity index (χ0n) is 14.1. The van der Waals surface area contributed by atoms with E-state index in [9.17, 15) is 9.59 Å². The lowest BCUT2D eigenvalue weighted by Crippen LogP contribution is -2.34. The summed E-state index contributed by atoms with van der Waals surface area (Å²) in [6.07, 6.45) is 2.28. The lowest BCUT2D eigenvalue weighted by molar-refractivity contribution is 0.1000. The van der Waals surface area contributed by atoms with Crippen molar-refractivity contribution in [1.29, 1.82) is 0 Å². The molecule has 0 aliphatic carbocycles. The fourth-order valence-electron chi connectivity index (χ4n) is 3.11. The summed E-state index contributed by atoms with van der Waals surface area (Å²) in [4.78, 5) is 32.1. The Morgan fingerprint density at radius 3 is 2.84 bits per heavy atom. The first kappa shape index (κ1) is 17.2. The molecule has 0 spiro atoms. The molecule has 0 saturated carbocycles. The van der Waals surface area contributed by atoms with Gasteiger partial charge >= 0.3 is 6.03 Å². The van der Waals surface area contributed by atoms with E-state index < -0.39 is 5.91 Å². The molecule has 1 aliphatic rings. The molecule has 3 amide bonds. The highest BCUT2D eigenvalue weighted by Crippen LogP contribution is 2.32. The molecule has 7 heteroatoms. The summed E-state index contributed by atoms with van der Waals surface area (Å²) in [7, 11) is 0. The number of amides is 3. The molecule has 0 radical (unpaired) electrons. The van der Waals surface area contributed by atoms with Gasteiger partial charge in [-0.3, -0.25) is 14.6 Å². The van der Waals surface area contributed by atoms with Crippen molar-refractivity contribution in [1.82, 2.24) is 4.98 Å². The Bertz CT molecular complexity index is 840. The van der Waals surface area contributed by atoms with E-state index in [1.54, 1.807) is 46.3 Å². The largest absolute Gasteiger partial charge is 0.366 e. The average Bonchev–Trinajstić information content (AvgIpc) is 2.89. The molecule has 1 aromatic carbocycles. The van der Waals surface area contributed by atoms with Crippen LogP contribution >= 0.6 is 11.6 Å². The molecule has 25 heavy (non-hydrogen) atoms. The average molecular weight is 359 g/mol. The molecule has 1 saturated heterocycles. The number of hydrogen-bond acceptors (Lipinski definition) is 3. The predicted octanol–water partition coefficient (Wildman–Crippen LogP) is 3.23. The topological polar surface area (TPSA) is 79.5 Å². The number of pyridine rings is 1. The van der Waals surface area contributed by atoms with Crippen molar-refractivity contribution in [3.63, 3.8) is 0 Å². The number of anilines is 2. The predicted molar refractivity (Wildman–Crippen MR) is 98.3 cm³/mol. The molecule has 130 valence electrons. The Hall–Kier alpha value is -2.60. The standard InChI is InChI=1S/C18H19ClN4O2/c1-3-14-15(19)7-8-21-17(14)22-10-11(2)23(18(22)25)13-6-4-5-12(9-13)16(20)24/h4-9,11H,3,10H2,1-2H3,(H2,20,24)/t11-/m1/s1. The Labute approximate surface area is 151 Å². The van der Waals surface area contributed by atoms with E-state index in [1.165, 1.54) is 0 Å². The van der Waals surface area contributed by atoms with E-state index in [4.69, 9.17) is 17.3 Å². The van der Waals surface area contributed by atoms with Crippen molar-refractivity contribution >= 4 is 35.0 Å². The molecule has 2 aromatic rings. The van der Waals surface area contributed by atoms with E-state index >= 15 is 0 Å². The quantitative estimate of drug-likeness (QED) is 0.911. The van der Waals surface area contributed by atoms with Gasteiger partial charge in [0.15, 0.2) is 0 Å². The Balaban J connectivity index is 1.99. The third kappa shape index (κ3) is 3.05. The van der Waals surface area contributed by atoms with Gasteiger partial charge in [-0.25, -0.2) is 9.78 Å². The van der Waals surface area contributed by atoms with E-state index in [0.717, 1.165) is 5.56 Å². The molecule has 1 fully saturated rings. The number of benzene rings is 1. The number of carbonyl (C=O) groups is 2. The molecule has 0 unspecified atom stereocenters. The van der Waals surface area contributed by atoms with Gasteiger partial charge in [-0.05, 0) is 37.6 Å². The highest BCUT2D eigenvalue weighted by atomic mass is 35.5. The number of primary amides is 1. The van der Waals surface area contributed by atoms with Crippen LogP contribution in [0.3, 0.4) is 0 Å². The van der Waals surface area contributed by atoms with E-state index in [1.807, 2.05) is 13.8 Å². The molecular weight excluding hydrogens is 340 g/mol. The van der Waals surface area contributed by atoms with Crippen molar-refractivity contribution in [2.24, 2.45) is 5.73 Å². The number of halogens is 1. The van der Waals surface area contributed by atoms with E-state index in [-0.39, 0.29) is 12.1 Å². The second-order valence-corrected chi connectivity index (χ2v) is 6.38. The van der Waals surface area contributed by atoms with Crippen LogP contribution in [0.15, 0.2) is 36.5 Å². The smallest absolute Gasteiger partial charge is 0.330 e. The second-order valence-electron chi connectivity index (χ2n) is 5.98. The van der Waals surface area contributed by atoms with Crippen molar-refractivity contribution in [3.8, 4) is 0 Å². The van der Waals surface area contributed by atoms with Crippen LogP contribution in [-0.2, 0) is 6.42 Å². The van der Waals surface area contributed by atoms with Crippen molar-refractivity contribution < 1.29 is 9.59 Å². The molecule has 0 bridgehead atoms. The molecular formula is C18H19ClN4O2. The lowest BCUT2D eigenvalue weighted by Gasteiger charge is -2.22. The van der Waals surface area contributed by atoms with Crippen LogP contribution in [0.5, 0.6) is 0 Å². The fourth-order valence-corrected chi connectivity index (χ4v) is 3.39. The summed E-state index contributed by atoms with van der Waals surface area (Å²) in [5.41, 5.74) is 7.19. The van der Waals surface area contributed by atoms with Crippen molar-refractivity contribution in [3.05, 3.63) is 52.7 Å². The molecule has 1 atom stereocenters. The van der Waals surface area contributed by atoms with Crippen LogP contribution < -0.4 is 15.5 Å².